The zero-order valence-corrected chi connectivity index (χ0v) is 14.5. The second kappa shape index (κ2) is 7.25. The van der Waals surface area contributed by atoms with Crippen LogP contribution in [0.15, 0.2) is 24.3 Å². The third-order valence-electron chi connectivity index (χ3n) is 4.43. The lowest BCUT2D eigenvalue weighted by molar-refractivity contribution is -0.117. The number of likely N-dealkylation sites (tertiary alicyclic amines) is 1. The number of thioether (sulfide) groups is 1. The Kier molecular flexibility index (Phi) is 5.08. The average Bonchev–Trinajstić information content (AvgIpc) is 2.93. The van der Waals surface area contributed by atoms with E-state index in [1.54, 1.807) is 24.3 Å². The highest BCUT2D eigenvalue weighted by atomic mass is 32.2. The molecule has 3 rings (SSSR count). The van der Waals surface area contributed by atoms with E-state index in [-0.39, 0.29) is 18.4 Å². The number of hydrogen-bond acceptors (Lipinski definition) is 4. The van der Waals surface area contributed by atoms with E-state index in [1.165, 1.54) is 11.3 Å². The van der Waals surface area contributed by atoms with Crippen LogP contribution in [-0.4, -0.2) is 54.4 Å². The van der Waals surface area contributed by atoms with Crippen LogP contribution in [0, 0.1) is 5.92 Å². The summed E-state index contributed by atoms with van der Waals surface area (Å²) in [5.74, 6) is 1.37. The van der Waals surface area contributed by atoms with Gasteiger partial charge >= 0.3 is 6.03 Å². The first-order valence-corrected chi connectivity index (χ1v) is 9.47. The lowest BCUT2D eigenvalue weighted by Crippen LogP contribution is -2.40. The van der Waals surface area contributed by atoms with Gasteiger partial charge in [-0.25, -0.2) is 4.79 Å². The van der Waals surface area contributed by atoms with Crippen LogP contribution < -0.4 is 10.2 Å². The van der Waals surface area contributed by atoms with E-state index in [2.05, 4.69) is 11.6 Å². The van der Waals surface area contributed by atoms with E-state index in [0.29, 0.717) is 17.2 Å². The molecular weight excluding hydrogens is 326 g/mol. The maximum absolute atomic E-state index is 12.7. The van der Waals surface area contributed by atoms with Crippen LogP contribution in [0.3, 0.4) is 0 Å². The zero-order valence-electron chi connectivity index (χ0n) is 13.7. The average molecular weight is 347 g/mol. The number of nitrogens with zero attached hydrogens (tertiary/aromatic N) is 2. The van der Waals surface area contributed by atoms with Crippen LogP contribution in [-0.2, 0) is 4.79 Å². The second-order valence-corrected chi connectivity index (χ2v) is 7.11. The molecule has 1 aromatic rings. The molecule has 0 radical (unpaired) electrons. The van der Waals surface area contributed by atoms with E-state index in [4.69, 9.17) is 0 Å². The number of rotatable bonds is 4. The molecule has 0 bridgehead atoms. The SMILES string of the molecule is CSC[C@@H]1CCCN(C(=O)c2ccc(N3CC(=O)NC3=O)cc2)C1. The summed E-state index contributed by atoms with van der Waals surface area (Å²) in [5.41, 5.74) is 1.24. The molecule has 0 spiro atoms. The molecule has 6 nitrogen and oxygen atoms in total. The van der Waals surface area contributed by atoms with Gasteiger partial charge in [-0.3, -0.25) is 19.8 Å². The number of carbonyl (C=O) groups excluding carboxylic acids is 3. The van der Waals surface area contributed by atoms with Gasteiger partial charge in [-0.05, 0) is 55.0 Å². The van der Waals surface area contributed by atoms with Crippen molar-refractivity contribution in [2.24, 2.45) is 5.92 Å². The molecule has 1 N–H and O–H groups in total. The van der Waals surface area contributed by atoms with Crippen LogP contribution in [0.5, 0.6) is 0 Å². The quantitative estimate of drug-likeness (QED) is 0.846. The Labute approximate surface area is 145 Å². The maximum atomic E-state index is 12.7. The molecule has 1 atom stereocenters. The smallest absolute Gasteiger partial charge is 0.329 e. The van der Waals surface area contributed by atoms with Crippen LogP contribution in [0.2, 0.25) is 0 Å². The molecule has 0 saturated carbocycles. The number of piperidine rings is 1. The van der Waals surface area contributed by atoms with Gasteiger partial charge in [-0.15, -0.1) is 0 Å². The van der Waals surface area contributed by atoms with E-state index >= 15 is 0 Å². The zero-order chi connectivity index (χ0) is 17.1. The Morgan fingerprint density at radius 1 is 1.29 bits per heavy atom. The minimum atomic E-state index is -0.421. The Balaban J connectivity index is 1.68. The molecule has 128 valence electrons. The summed E-state index contributed by atoms with van der Waals surface area (Å²) >= 11 is 1.83. The Hall–Kier alpha value is -2.02. The largest absolute Gasteiger partial charge is 0.338 e. The minimum Gasteiger partial charge on any atom is -0.338 e. The summed E-state index contributed by atoms with van der Waals surface area (Å²) in [7, 11) is 0. The van der Waals surface area contributed by atoms with E-state index in [1.807, 2.05) is 16.7 Å². The van der Waals surface area contributed by atoms with Gasteiger partial charge in [0.05, 0.1) is 0 Å². The van der Waals surface area contributed by atoms with Crippen molar-refractivity contribution in [3.63, 3.8) is 0 Å². The molecule has 2 heterocycles. The lowest BCUT2D eigenvalue weighted by Gasteiger charge is -2.32. The standard InChI is InChI=1S/C17H21N3O3S/c1-24-11-12-3-2-8-19(9-12)16(22)13-4-6-14(7-5-13)20-10-15(21)18-17(20)23/h4-7,12H,2-3,8-11H2,1H3,(H,18,21,23)/t12-/m1/s1. The van der Waals surface area contributed by atoms with Crippen LogP contribution >= 0.6 is 11.8 Å². The topological polar surface area (TPSA) is 69.7 Å². The lowest BCUT2D eigenvalue weighted by atomic mass is 9.99. The highest BCUT2D eigenvalue weighted by molar-refractivity contribution is 7.98. The number of imide groups is 1. The second-order valence-electron chi connectivity index (χ2n) is 6.20. The predicted octanol–water partition coefficient (Wildman–Crippen LogP) is 1.96. The van der Waals surface area contributed by atoms with Gasteiger partial charge in [-0.2, -0.15) is 11.8 Å². The number of amides is 4. The number of anilines is 1. The number of benzene rings is 1. The maximum Gasteiger partial charge on any atom is 0.329 e. The summed E-state index contributed by atoms with van der Waals surface area (Å²) in [6.07, 6.45) is 4.32. The van der Waals surface area contributed by atoms with Crippen molar-refractivity contribution in [2.75, 3.05) is 36.5 Å². The summed E-state index contributed by atoms with van der Waals surface area (Å²) in [4.78, 5) is 38.9. The van der Waals surface area contributed by atoms with Crippen molar-refractivity contribution in [1.29, 1.82) is 0 Å². The number of nitrogens with one attached hydrogen (secondary N) is 1. The summed E-state index contributed by atoms with van der Waals surface area (Å²) in [6.45, 7) is 1.63. The fourth-order valence-corrected chi connectivity index (χ4v) is 3.98. The first-order valence-electron chi connectivity index (χ1n) is 8.08. The van der Waals surface area contributed by atoms with E-state index in [0.717, 1.165) is 25.3 Å². The highest BCUT2D eigenvalue weighted by Gasteiger charge is 2.28. The molecule has 1 aromatic carbocycles. The Bertz CT molecular complexity index is 645. The van der Waals surface area contributed by atoms with Crippen LogP contribution in [0.1, 0.15) is 23.2 Å². The molecule has 4 amide bonds. The Morgan fingerprint density at radius 2 is 2.04 bits per heavy atom. The molecule has 2 saturated heterocycles. The minimum absolute atomic E-state index is 0.0224. The van der Waals surface area contributed by atoms with Gasteiger partial charge < -0.3 is 4.90 Å². The number of carbonyl (C=O) groups is 3. The van der Waals surface area contributed by atoms with Gasteiger partial charge in [0, 0.05) is 24.3 Å². The Morgan fingerprint density at radius 3 is 2.67 bits per heavy atom. The number of urea groups is 1. The van der Waals surface area contributed by atoms with Crippen molar-refractivity contribution in [3.8, 4) is 0 Å². The fourth-order valence-electron chi connectivity index (χ4n) is 3.24. The van der Waals surface area contributed by atoms with Gasteiger partial charge in [0.2, 0.25) is 5.91 Å². The molecule has 2 fully saturated rings. The third-order valence-corrected chi connectivity index (χ3v) is 5.23. The fraction of sp³-hybridized carbons (Fsp3) is 0.471. The van der Waals surface area contributed by atoms with Crippen molar-refractivity contribution in [1.82, 2.24) is 10.2 Å². The third kappa shape index (κ3) is 3.56. The van der Waals surface area contributed by atoms with Crippen LogP contribution in [0.4, 0.5) is 10.5 Å². The van der Waals surface area contributed by atoms with Gasteiger partial charge in [-0.1, -0.05) is 0 Å². The summed E-state index contributed by atoms with van der Waals surface area (Å²) < 4.78 is 0. The van der Waals surface area contributed by atoms with Gasteiger partial charge in [0.1, 0.15) is 6.54 Å². The van der Waals surface area contributed by atoms with Crippen molar-refractivity contribution >= 4 is 35.3 Å². The highest BCUT2D eigenvalue weighted by Crippen LogP contribution is 2.23. The molecule has 2 aliphatic rings. The molecular formula is C17H21N3O3S. The molecule has 2 aliphatic heterocycles. The van der Waals surface area contributed by atoms with Crippen molar-refractivity contribution < 1.29 is 14.4 Å². The first-order chi connectivity index (χ1) is 11.6. The first kappa shape index (κ1) is 16.8. The van der Waals surface area contributed by atoms with Crippen molar-refractivity contribution in [2.45, 2.75) is 12.8 Å². The van der Waals surface area contributed by atoms with Crippen molar-refractivity contribution in [3.05, 3.63) is 29.8 Å². The summed E-state index contributed by atoms with van der Waals surface area (Å²) in [5, 5.41) is 2.24. The van der Waals surface area contributed by atoms with Gasteiger partial charge in [0.25, 0.3) is 5.91 Å². The predicted molar refractivity (Wildman–Crippen MR) is 94.3 cm³/mol. The molecule has 0 aromatic heterocycles. The van der Waals surface area contributed by atoms with E-state index in [9.17, 15) is 14.4 Å². The molecule has 0 aliphatic carbocycles. The van der Waals surface area contributed by atoms with Crippen LogP contribution in [0.25, 0.3) is 0 Å². The molecule has 7 heteroatoms. The van der Waals surface area contributed by atoms with Gasteiger partial charge in [0.15, 0.2) is 0 Å². The molecule has 0 unspecified atom stereocenters. The number of hydrogen-bond donors (Lipinski definition) is 1. The summed E-state index contributed by atoms with van der Waals surface area (Å²) in [6, 6.07) is 6.47. The monoisotopic (exact) mass is 347 g/mol. The molecule has 24 heavy (non-hydrogen) atoms. The normalized spacial score (nSPS) is 21.1. The van der Waals surface area contributed by atoms with E-state index < -0.39 is 6.03 Å².